The third-order valence-electron chi connectivity index (χ3n) is 2.85. The molecule has 4 heteroatoms. The second-order valence-corrected chi connectivity index (χ2v) is 3.80. The van der Waals surface area contributed by atoms with Gasteiger partial charge in [-0.15, -0.1) is 0 Å². The van der Waals surface area contributed by atoms with Gasteiger partial charge in [0.05, 0.1) is 12.6 Å². The number of rotatable bonds is 2. The van der Waals surface area contributed by atoms with E-state index >= 15 is 0 Å². The Morgan fingerprint density at radius 2 is 2.06 bits per heavy atom. The maximum atomic E-state index is 10.9. The largest absolute Gasteiger partial charge is 0.496 e. The van der Waals surface area contributed by atoms with Crippen molar-refractivity contribution in [2.24, 2.45) is 0 Å². The topological polar surface area (TPSA) is 62.3 Å². The van der Waals surface area contributed by atoms with Crippen molar-refractivity contribution in [3.8, 4) is 5.75 Å². The van der Waals surface area contributed by atoms with Gasteiger partial charge in [-0.3, -0.25) is 0 Å². The van der Waals surface area contributed by atoms with Crippen LogP contribution in [0, 0.1) is 13.8 Å². The van der Waals surface area contributed by atoms with E-state index in [-0.39, 0.29) is 5.69 Å². The quantitative estimate of drug-likeness (QED) is 0.815. The Bertz CT molecular complexity index is 569. The lowest BCUT2D eigenvalue weighted by Gasteiger charge is -2.06. The first-order valence-corrected chi connectivity index (χ1v) is 4.94. The van der Waals surface area contributed by atoms with Gasteiger partial charge in [0.25, 0.3) is 0 Å². The number of carboxylic acid groups (broad SMARTS) is 1. The van der Waals surface area contributed by atoms with Gasteiger partial charge in [0, 0.05) is 5.39 Å². The van der Waals surface area contributed by atoms with E-state index in [2.05, 4.69) is 4.98 Å². The van der Waals surface area contributed by atoms with E-state index in [0.717, 1.165) is 22.0 Å². The number of H-pyrrole nitrogens is 1. The summed E-state index contributed by atoms with van der Waals surface area (Å²) in [4.78, 5) is 13.8. The van der Waals surface area contributed by atoms with Crippen molar-refractivity contribution in [1.82, 2.24) is 4.98 Å². The average Bonchev–Trinajstić information content (AvgIpc) is 2.68. The van der Waals surface area contributed by atoms with Crippen molar-refractivity contribution in [3.63, 3.8) is 0 Å². The lowest BCUT2D eigenvalue weighted by molar-refractivity contribution is 0.0691. The number of aryl methyl sites for hydroxylation is 2. The number of benzene rings is 1. The molecule has 2 rings (SSSR count). The first kappa shape index (κ1) is 10.5. The molecule has 0 saturated carbocycles. The van der Waals surface area contributed by atoms with Crippen molar-refractivity contribution < 1.29 is 14.6 Å². The van der Waals surface area contributed by atoms with E-state index in [9.17, 15) is 4.79 Å². The highest BCUT2D eigenvalue weighted by molar-refractivity contribution is 5.97. The minimum atomic E-state index is -0.963. The zero-order valence-corrected chi connectivity index (χ0v) is 9.42. The minimum Gasteiger partial charge on any atom is -0.496 e. The van der Waals surface area contributed by atoms with Gasteiger partial charge in [0.2, 0.25) is 0 Å². The summed E-state index contributed by atoms with van der Waals surface area (Å²) < 4.78 is 5.24. The highest BCUT2D eigenvalue weighted by Crippen LogP contribution is 2.31. The Morgan fingerprint density at radius 1 is 1.38 bits per heavy atom. The monoisotopic (exact) mass is 219 g/mol. The number of aromatic carboxylic acids is 1. The maximum absolute atomic E-state index is 10.9. The number of fused-ring (bicyclic) bond motifs is 1. The molecular formula is C12H13NO3. The molecule has 16 heavy (non-hydrogen) atoms. The molecule has 2 N–H and O–H groups in total. The molecule has 1 aromatic carbocycles. The van der Waals surface area contributed by atoms with Gasteiger partial charge in [0.15, 0.2) is 0 Å². The van der Waals surface area contributed by atoms with Crippen LogP contribution in [-0.4, -0.2) is 23.2 Å². The Hall–Kier alpha value is -1.97. The normalized spacial score (nSPS) is 10.7. The number of nitrogens with one attached hydrogen (secondary N) is 1. The van der Waals surface area contributed by atoms with Crippen LogP contribution in [-0.2, 0) is 0 Å². The number of carboxylic acids is 1. The predicted molar refractivity (Wildman–Crippen MR) is 61.3 cm³/mol. The summed E-state index contributed by atoms with van der Waals surface area (Å²) >= 11 is 0. The Balaban J connectivity index is 2.83. The molecule has 0 aliphatic heterocycles. The highest BCUT2D eigenvalue weighted by atomic mass is 16.5. The molecule has 1 heterocycles. The van der Waals surface area contributed by atoms with Gasteiger partial charge >= 0.3 is 5.97 Å². The minimum absolute atomic E-state index is 0.182. The fourth-order valence-corrected chi connectivity index (χ4v) is 1.81. The van der Waals surface area contributed by atoms with Crippen molar-refractivity contribution in [1.29, 1.82) is 0 Å². The number of methoxy groups -OCH3 is 1. The van der Waals surface area contributed by atoms with Crippen LogP contribution in [0.5, 0.6) is 5.75 Å². The first-order valence-electron chi connectivity index (χ1n) is 4.94. The van der Waals surface area contributed by atoms with Crippen molar-refractivity contribution in [2.75, 3.05) is 7.11 Å². The standard InChI is InChI=1S/C12H13NO3/c1-6-4-10(16-3)8-5-9(12(14)15)13-11(8)7(6)2/h4-5,13H,1-3H3,(H,14,15). The zero-order valence-electron chi connectivity index (χ0n) is 9.42. The second-order valence-electron chi connectivity index (χ2n) is 3.80. The molecule has 0 bridgehead atoms. The van der Waals surface area contributed by atoms with Crippen LogP contribution in [0.2, 0.25) is 0 Å². The summed E-state index contributed by atoms with van der Waals surface area (Å²) in [6.45, 7) is 3.93. The lowest BCUT2D eigenvalue weighted by atomic mass is 10.1. The molecule has 4 nitrogen and oxygen atoms in total. The van der Waals surface area contributed by atoms with Gasteiger partial charge in [-0.25, -0.2) is 4.79 Å². The van der Waals surface area contributed by atoms with Crippen LogP contribution in [0.4, 0.5) is 0 Å². The average molecular weight is 219 g/mol. The molecule has 0 amide bonds. The third-order valence-corrected chi connectivity index (χ3v) is 2.85. The molecule has 0 spiro atoms. The van der Waals surface area contributed by atoms with Crippen molar-refractivity contribution in [2.45, 2.75) is 13.8 Å². The molecule has 2 aromatic rings. The number of aromatic amines is 1. The molecule has 0 atom stereocenters. The predicted octanol–water partition coefficient (Wildman–Crippen LogP) is 2.49. The van der Waals surface area contributed by atoms with E-state index in [1.54, 1.807) is 13.2 Å². The molecule has 0 aliphatic rings. The van der Waals surface area contributed by atoms with Gasteiger partial charge in [-0.1, -0.05) is 0 Å². The first-order chi connectivity index (χ1) is 7.54. The molecule has 84 valence electrons. The van der Waals surface area contributed by atoms with Crippen LogP contribution in [0.3, 0.4) is 0 Å². The van der Waals surface area contributed by atoms with Crippen LogP contribution in [0.25, 0.3) is 10.9 Å². The Morgan fingerprint density at radius 3 is 2.62 bits per heavy atom. The number of ether oxygens (including phenoxy) is 1. The van der Waals surface area contributed by atoms with Crippen LogP contribution in [0.1, 0.15) is 21.6 Å². The summed E-state index contributed by atoms with van der Waals surface area (Å²) in [7, 11) is 1.58. The molecule has 0 saturated heterocycles. The number of aromatic nitrogens is 1. The zero-order chi connectivity index (χ0) is 11.9. The summed E-state index contributed by atoms with van der Waals surface area (Å²) in [6.07, 6.45) is 0. The van der Waals surface area contributed by atoms with Gasteiger partial charge in [-0.05, 0) is 37.1 Å². The SMILES string of the molecule is COc1cc(C)c(C)c2[nH]c(C(=O)O)cc12. The maximum Gasteiger partial charge on any atom is 0.352 e. The van der Waals surface area contributed by atoms with Crippen LogP contribution < -0.4 is 4.74 Å². The fraction of sp³-hybridized carbons (Fsp3) is 0.250. The molecule has 1 aromatic heterocycles. The van der Waals surface area contributed by atoms with Crippen LogP contribution >= 0.6 is 0 Å². The smallest absolute Gasteiger partial charge is 0.352 e. The summed E-state index contributed by atoms with van der Waals surface area (Å²) in [5.74, 6) is -0.267. The molecule has 0 unspecified atom stereocenters. The summed E-state index contributed by atoms with van der Waals surface area (Å²) in [6, 6.07) is 3.51. The van der Waals surface area contributed by atoms with Gasteiger partial charge < -0.3 is 14.8 Å². The van der Waals surface area contributed by atoms with E-state index in [4.69, 9.17) is 9.84 Å². The summed E-state index contributed by atoms with van der Waals surface area (Å²) in [5.41, 5.74) is 3.13. The van der Waals surface area contributed by atoms with Crippen molar-refractivity contribution in [3.05, 3.63) is 29.0 Å². The summed E-state index contributed by atoms with van der Waals surface area (Å²) in [5, 5.41) is 9.75. The Labute approximate surface area is 92.9 Å². The number of hydrogen-bond acceptors (Lipinski definition) is 2. The highest BCUT2D eigenvalue weighted by Gasteiger charge is 2.13. The Kier molecular flexibility index (Phi) is 2.34. The third kappa shape index (κ3) is 1.43. The van der Waals surface area contributed by atoms with E-state index in [1.165, 1.54) is 0 Å². The fourth-order valence-electron chi connectivity index (χ4n) is 1.81. The number of carbonyl (C=O) groups is 1. The van der Waals surface area contributed by atoms with E-state index in [0.29, 0.717) is 5.75 Å². The van der Waals surface area contributed by atoms with Gasteiger partial charge in [-0.2, -0.15) is 0 Å². The molecule has 0 radical (unpaired) electrons. The number of hydrogen-bond donors (Lipinski definition) is 2. The molecular weight excluding hydrogens is 206 g/mol. The van der Waals surface area contributed by atoms with Crippen LogP contribution in [0.15, 0.2) is 12.1 Å². The van der Waals surface area contributed by atoms with Gasteiger partial charge in [0.1, 0.15) is 11.4 Å². The molecule has 0 fully saturated rings. The van der Waals surface area contributed by atoms with Crippen molar-refractivity contribution >= 4 is 16.9 Å². The van der Waals surface area contributed by atoms with E-state index in [1.807, 2.05) is 19.9 Å². The van der Waals surface area contributed by atoms with E-state index < -0.39 is 5.97 Å². The lowest BCUT2D eigenvalue weighted by Crippen LogP contribution is -1.95. The molecule has 0 aliphatic carbocycles. The second kappa shape index (κ2) is 3.56.